The van der Waals surface area contributed by atoms with E-state index >= 15 is 0 Å². The highest BCUT2D eigenvalue weighted by atomic mass is 16.5. The van der Waals surface area contributed by atoms with Crippen LogP contribution in [0, 0.1) is 19.8 Å². The zero-order valence-corrected chi connectivity index (χ0v) is 15.0. The molecule has 25 heavy (non-hydrogen) atoms. The molecule has 0 aromatic carbocycles. The molecule has 1 N–H and O–H groups in total. The summed E-state index contributed by atoms with van der Waals surface area (Å²) in [4.78, 5) is 33.5. The lowest BCUT2D eigenvalue weighted by Crippen LogP contribution is -2.41. The smallest absolute Gasteiger partial charge is 0.258 e. The third-order valence-electron chi connectivity index (χ3n) is 4.60. The van der Waals surface area contributed by atoms with Crippen LogP contribution in [0.25, 0.3) is 11.1 Å². The Morgan fingerprint density at radius 2 is 2.04 bits per heavy atom. The Kier molecular flexibility index (Phi) is 4.71. The van der Waals surface area contributed by atoms with Crippen molar-refractivity contribution in [1.82, 2.24) is 25.3 Å². The summed E-state index contributed by atoms with van der Waals surface area (Å²) in [7, 11) is 3.58. The molecule has 134 valence electrons. The van der Waals surface area contributed by atoms with E-state index in [0.717, 1.165) is 6.54 Å². The second kappa shape index (κ2) is 6.79. The van der Waals surface area contributed by atoms with E-state index in [-0.39, 0.29) is 17.7 Å². The van der Waals surface area contributed by atoms with E-state index in [0.29, 0.717) is 47.7 Å². The van der Waals surface area contributed by atoms with Crippen molar-refractivity contribution in [2.75, 3.05) is 40.3 Å². The SMILES string of the molecule is CNC(=O)[C@H]1CN(C)CCN(C(=O)c2cc(C)nc3onc(C)c23)C1. The molecule has 1 fully saturated rings. The maximum atomic E-state index is 13.2. The normalized spacial score (nSPS) is 19.0. The largest absolute Gasteiger partial charge is 0.359 e. The summed E-state index contributed by atoms with van der Waals surface area (Å²) >= 11 is 0. The van der Waals surface area contributed by atoms with Gasteiger partial charge in [-0.05, 0) is 27.0 Å². The molecular weight excluding hydrogens is 322 g/mol. The average molecular weight is 345 g/mol. The van der Waals surface area contributed by atoms with Crippen molar-refractivity contribution in [2.24, 2.45) is 5.92 Å². The van der Waals surface area contributed by atoms with Gasteiger partial charge in [0.25, 0.3) is 11.6 Å². The van der Waals surface area contributed by atoms with Crippen LogP contribution in [-0.2, 0) is 4.79 Å². The van der Waals surface area contributed by atoms with Gasteiger partial charge in [-0.3, -0.25) is 9.59 Å². The number of aryl methyl sites for hydroxylation is 2. The van der Waals surface area contributed by atoms with Crippen molar-refractivity contribution in [3.63, 3.8) is 0 Å². The molecule has 3 heterocycles. The van der Waals surface area contributed by atoms with Gasteiger partial charge in [0.1, 0.15) is 0 Å². The Hall–Kier alpha value is -2.48. The highest BCUT2D eigenvalue weighted by Crippen LogP contribution is 2.24. The van der Waals surface area contributed by atoms with Gasteiger partial charge in [-0.25, -0.2) is 4.98 Å². The third-order valence-corrected chi connectivity index (χ3v) is 4.60. The molecule has 8 heteroatoms. The monoisotopic (exact) mass is 345 g/mol. The molecule has 2 aromatic heterocycles. The lowest BCUT2D eigenvalue weighted by atomic mass is 10.1. The van der Waals surface area contributed by atoms with Crippen LogP contribution in [-0.4, -0.2) is 72.0 Å². The highest BCUT2D eigenvalue weighted by Gasteiger charge is 2.30. The van der Waals surface area contributed by atoms with E-state index in [1.165, 1.54) is 0 Å². The zero-order valence-electron chi connectivity index (χ0n) is 15.0. The molecule has 0 unspecified atom stereocenters. The number of pyridine rings is 1. The fraction of sp³-hybridized carbons (Fsp3) is 0.529. The molecule has 0 bridgehead atoms. The van der Waals surface area contributed by atoms with E-state index in [4.69, 9.17) is 4.52 Å². The fourth-order valence-corrected chi connectivity index (χ4v) is 3.29. The minimum absolute atomic E-state index is 0.0521. The number of hydrogen-bond acceptors (Lipinski definition) is 6. The minimum Gasteiger partial charge on any atom is -0.359 e. The molecule has 1 atom stereocenters. The Morgan fingerprint density at radius 1 is 1.28 bits per heavy atom. The van der Waals surface area contributed by atoms with E-state index in [1.807, 2.05) is 14.0 Å². The van der Waals surface area contributed by atoms with Gasteiger partial charge in [0.05, 0.1) is 22.6 Å². The first-order valence-corrected chi connectivity index (χ1v) is 8.33. The molecule has 0 radical (unpaired) electrons. The van der Waals surface area contributed by atoms with Gasteiger partial charge in [0.2, 0.25) is 5.91 Å². The summed E-state index contributed by atoms with van der Waals surface area (Å²) in [5.41, 5.74) is 2.24. The van der Waals surface area contributed by atoms with E-state index in [2.05, 4.69) is 20.4 Å². The average Bonchev–Trinajstić information content (AvgIpc) is 2.84. The molecule has 8 nitrogen and oxygen atoms in total. The molecule has 0 spiro atoms. The maximum Gasteiger partial charge on any atom is 0.258 e. The Labute approximate surface area is 146 Å². The molecule has 2 amide bonds. The Balaban J connectivity index is 1.97. The van der Waals surface area contributed by atoms with E-state index < -0.39 is 0 Å². The fourth-order valence-electron chi connectivity index (χ4n) is 3.29. The molecular formula is C17H23N5O3. The quantitative estimate of drug-likeness (QED) is 0.856. The molecule has 1 aliphatic rings. The van der Waals surface area contributed by atoms with Gasteiger partial charge in [-0.1, -0.05) is 5.16 Å². The molecule has 1 aliphatic heterocycles. The number of amides is 2. The van der Waals surface area contributed by atoms with Gasteiger partial charge in [0, 0.05) is 38.9 Å². The van der Waals surface area contributed by atoms with Crippen LogP contribution in [0.2, 0.25) is 0 Å². The van der Waals surface area contributed by atoms with Gasteiger partial charge < -0.3 is 19.6 Å². The number of likely N-dealkylation sites (N-methyl/N-ethyl adjacent to an activating group) is 1. The summed E-state index contributed by atoms with van der Waals surface area (Å²) < 4.78 is 5.22. The van der Waals surface area contributed by atoms with Crippen molar-refractivity contribution in [1.29, 1.82) is 0 Å². The number of carbonyl (C=O) groups is 2. The second-order valence-corrected chi connectivity index (χ2v) is 6.58. The molecule has 1 saturated heterocycles. The minimum atomic E-state index is -0.261. The standard InChI is InChI=1S/C17H23N5O3/c1-10-7-13(14-11(2)20-25-16(14)19-10)17(24)22-6-5-21(4)8-12(9-22)15(23)18-3/h7,12H,5-6,8-9H2,1-4H3,(H,18,23)/t12-/m0/s1. The molecule has 2 aromatic rings. The number of aromatic nitrogens is 2. The zero-order chi connectivity index (χ0) is 18.1. The first-order valence-electron chi connectivity index (χ1n) is 8.33. The molecule has 3 rings (SSSR count). The van der Waals surface area contributed by atoms with Crippen molar-refractivity contribution in [3.8, 4) is 0 Å². The van der Waals surface area contributed by atoms with Crippen LogP contribution in [0.3, 0.4) is 0 Å². The summed E-state index contributed by atoms with van der Waals surface area (Å²) in [6.07, 6.45) is 0. The van der Waals surface area contributed by atoms with Crippen molar-refractivity contribution in [2.45, 2.75) is 13.8 Å². The summed E-state index contributed by atoms with van der Waals surface area (Å²) in [5, 5.41) is 7.26. The van der Waals surface area contributed by atoms with Gasteiger partial charge in [0.15, 0.2) is 0 Å². The topological polar surface area (TPSA) is 91.6 Å². The van der Waals surface area contributed by atoms with Crippen molar-refractivity contribution < 1.29 is 14.1 Å². The first kappa shape index (κ1) is 17.3. The number of hydrogen-bond donors (Lipinski definition) is 1. The summed E-state index contributed by atoms with van der Waals surface area (Å²) in [6.45, 7) is 5.91. The van der Waals surface area contributed by atoms with Gasteiger partial charge in [-0.15, -0.1) is 0 Å². The van der Waals surface area contributed by atoms with Gasteiger partial charge >= 0.3 is 0 Å². The van der Waals surface area contributed by atoms with Crippen LogP contribution in [0.4, 0.5) is 0 Å². The number of nitrogens with zero attached hydrogens (tertiary/aromatic N) is 4. The van der Waals surface area contributed by atoms with E-state index in [9.17, 15) is 9.59 Å². The Bertz CT molecular complexity index is 816. The lowest BCUT2D eigenvalue weighted by Gasteiger charge is -2.23. The number of rotatable bonds is 2. The van der Waals surface area contributed by atoms with Crippen molar-refractivity contribution in [3.05, 3.63) is 23.0 Å². The Morgan fingerprint density at radius 3 is 2.76 bits per heavy atom. The van der Waals surface area contributed by atoms with Gasteiger partial charge in [-0.2, -0.15) is 0 Å². The van der Waals surface area contributed by atoms with Crippen LogP contribution < -0.4 is 5.32 Å². The second-order valence-electron chi connectivity index (χ2n) is 6.58. The number of nitrogens with one attached hydrogen (secondary N) is 1. The maximum absolute atomic E-state index is 13.2. The first-order chi connectivity index (χ1) is 11.9. The van der Waals surface area contributed by atoms with Crippen LogP contribution in [0.5, 0.6) is 0 Å². The van der Waals surface area contributed by atoms with Crippen molar-refractivity contribution >= 4 is 22.9 Å². The van der Waals surface area contributed by atoms with Crippen LogP contribution in [0.15, 0.2) is 10.6 Å². The highest BCUT2D eigenvalue weighted by molar-refractivity contribution is 6.06. The summed E-state index contributed by atoms with van der Waals surface area (Å²) in [5.74, 6) is -0.432. The third kappa shape index (κ3) is 3.34. The van der Waals surface area contributed by atoms with Crippen LogP contribution in [0.1, 0.15) is 21.7 Å². The number of carbonyl (C=O) groups excluding carboxylic acids is 2. The van der Waals surface area contributed by atoms with E-state index in [1.54, 1.807) is 24.9 Å². The molecule has 0 aliphatic carbocycles. The predicted octanol–water partition coefficient (Wildman–Crippen LogP) is 0.589. The number of fused-ring (bicyclic) bond motifs is 1. The predicted molar refractivity (Wildman–Crippen MR) is 92.2 cm³/mol. The molecule has 0 saturated carbocycles. The lowest BCUT2D eigenvalue weighted by molar-refractivity contribution is -0.125. The van der Waals surface area contributed by atoms with Crippen LogP contribution >= 0.6 is 0 Å². The summed E-state index contributed by atoms with van der Waals surface area (Å²) in [6, 6.07) is 1.76.